The molecule has 1 aliphatic heterocycles. The van der Waals surface area contributed by atoms with E-state index in [0.29, 0.717) is 29.1 Å². The van der Waals surface area contributed by atoms with Gasteiger partial charge in [-0.1, -0.05) is 17.4 Å². The highest BCUT2D eigenvalue weighted by molar-refractivity contribution is 7.89. The molecule has 0 radical (unpaired) electrons. The summed E-state index contributed by atoms with van der Waals surface area (Å²) in [5.74, 6) is -2.63. The van der Waals surface area contributed by atoms with Gasteiger partial charge >= 0.3 is 5.97 Å². The molecule has 170 valence electrons. The molecule has 0 unspecified atom stereocenters. The highest BCUT2D eigenvalue weighted by Gasteiger charge is 2.34. The Morgan fingerprint density at radius 2 is 1.88 bits per heavy atom. The monoisotopic (exact) mass is 482 g/mol. The van der Waals surface area contributed by atoms with Crippen LogP contribution in [-0.4, -0.2) is 49.5 Å². The molecule has 4 rings (SSSR count). The highest BCUT2D eigenvalue weighted by Crippen LogP contribution is 2.32. The van der Waals surface area contributed by atoms with E-state index >= 15 is 0 Å². The second-order valence-corrected chi connectivity index (χ2v) is 10.0. The molecule has 3 aromatic rings. The van der Waals surface area contributed by atoms with Crippen molar-refractivity contribution in [3.05, 3.63) is 53.6 Å². The number of carbonyl (C=O) groups is 1. The van der Waals surface area contributed by atoms with Crippen LogP contribution >= 0.6 is 11.3 Å². The summed E-state index contributed by atoms with van der Waals surface area (Å²) in [6, 6.07) is 8.00. The third-order valence-corrected chi connectivity index (χ3v) is 7.93. The molecular weight excluding hydrogens is 462 g/mol. The topological polar surface area (TPSA) is 85.8 Å². The quantitative estimate of drug-likeness (QED) is 0.494. The van der Waals surface area contributed by atoms with Crippen molar-refractivity contribution in [3.63, 3.8) is 0 Å². The number of ether oxygens (including phenoxy) is 2. The predicted octanol–water partition coefficient (Wildman–Crippen LogP) is 3.98. The SMILES string of the molecule is CCOC(=O)c1ccc2nc(OC3CCN(S(=O)(=O)c4c(F)cccc4F)CC3)sc2c1. The van der Waals surface area contributed by atoms with Crippen molar-refractivity contribution in [2.45, 2.75) is 30.8 Å². The van der Waals surface area contributed by atoms with Crippen molar-refractivity contribution >= 4 is 37.5 Å². The molecule has 2 heterocycles. The van der Waals surface area contributed by atoms with E-state index in [9.17, 15) is 22.0 Å². The first-order chi connectivity index (χ1) is 15.3. The van der Waals surface area contributed by atoms with Crippen molar-refractivity contribution in [1.29, 1.82) is 0 Å². The first-order valence-electron chi connectivity index (χ1n) is 9.98. The highest BCUT2D eigenvalue weighted by atomic mass is 32.2. The standard InChI is InChI=1S/C21H20F2N2O5S2/c1-2-29-20(26)13-6-7-17-18(12-13)31-21(24-17)30-14-8-10-25(11-9-14)32(27,28)19-15(22)4-3-5-16(19)23/h3-7,12,14H,2,8-11H2,1H3. The van der Waals surface area contributed by atoms with Crippen LogP contribution in [0.3, 0.4) is 0 Å². The van der Waals surface area contributed by atoms with Crippen molar-refractivity contribution in [2.75, 3.05) is 19.7 Å². The van der Waals surface area contributed by atoms with Crippen molar-refractivity contribution in [1.82, 2.24) is 9.29 Å². The van der Waals surface area contributed by atoms with Crippen LogP contribution in [0.5, 0.6) is 5.19 Å². The number of aromatic nitrogens is 1. The van der Waals surface area contributed by atoms with Crippen LogP contribution < -0.4 is 4.74 Å². The molecular formula is C21H20F2N2O5S2. The summed E-state index contributed by atoms with van der Waals surface area (Å²) in [4.78, 5) is 15.4. The van der Waals surface area contributed by atoms with Gasteiger partial charge in [-0.15, -0.1) is 0 Å². The Bertz CT molecular complexity index is 1230. The Balaban J connectivity index is 1.43. The summed E-state index contributed by atoms with van der Waals surface area (Å²) < 4.78 is 66.1. The first-order valence-corrected chi connectivity index (χ1v) is 12.2. The summed E-state index contributed by atoms with van der Waals surface area (Å²) in [5, 5.41) is 0.405. The number of carbonyl (C=O) groups excluding carboxylic acids is 1. The summed E-state index contributed by atoms with van der Waals surface area (Å²) in [7, 11) is -4.29. The Kier molecular flexibility index (Phi) is 6.40. The normalized spacial score (nSPS) is 15.7. The summed E-state index contributed by atoms with van der Waals surface area (Å²) in [5.41, 5.74) is 1.10. The fourth-order valence-corrected chi connectivity index (χ4v) is 5.99. The third kappa shape index (κ3) is 4.45. The Morgan fingerprint density at radius 1 is 1.19 bits per heavy atom. The Morgan fingerprint density at radius 3 is 2.53 bits per heavy atom. The molecule has 1 aliphatic rings. The summed E-state index contributed by atoms with van der Waals surface area (Å²) in [6.45, 7) is 2.15. The van der Waals surface area contributed by atoms with Crippen molar-refractivity contribution in [3.8, 4) is 5.19 Å². The minimum Gasteiger partial charge on any atom is -0.467 e. The number of fused-ring (bicyclic) bond motifs is 1. The van der Waals surface area contributed by atoms with Gasteiger partial charge in [0.2, 0.25) is 10.0 Å². The van der Waals surface area contributed by atoms with E-state index in [2.05, 4.69) is 4.98 Å². The number of hydrogen-bond acceptors (Lipinski definition) is 7. The first kappa shape index (κ1) is 22.6. The summed E-state index contributed by atoms with van der Waals surface area (Å²) >= 11 is 1.28. The number of rotatable bonds is 6. The predicted molar refractivity (Wildman–Crippen MR) is 114 cm³/mol. The number of hydrogen-bond donors (Lipinski definition) is 0. The van der Waals surface area contributed by atoms with E-state index in [4.69, 9.17) is 9.47 Å². The lowest BCUT2D eigenvalue weighted by molar-refractivity contribution is 0.0526. The molecule has 0 spiro atoms. The molecule has 32 heavy (non-hydrogen) atoms. The second-order valence-electron chi connectivity index (χ2n) is 7.15. The van der Waals surface area contributed by atoms with E-state index in [1.807, 2.05) is 0 Å². The summed E-state index contributed by atoms with van der Waals surface area (Å²) in [6.07, 6.45) is 0.399. The van der Waals surface area contributed by atoms with Gasteiger partial charge in [-0.05, 0) is 50.1 Å². The minimum absolute atomic E-state index is 0.0681. The van der Waals surface area contributed by atoms with Crippen molar-refractivity contribution < 1.29 is 31.5 Å². The fourth-order valence-electron chi connectivity index (χ4n) is 3.49. The zero-order chi connectivity index (χ0) is 22.9. The zero-order valence-electron chi connectivity index (χ0n) is 17.1. The van der Waals surface area contributed by atoms with Gasteiger partial charge in [0.1, 0.15) is 17.7 Å². The second kappa shape index (κ2) is 9.08. The number of thiazole rings is 1. The average Bonchev–Trinajstić information content (AvgIpc) is 3.15. The van der Waals surface area contributed by atoms with Crippen LogP contribution in [0.4, 0.5) is 8.78 Å². The number of nitrogens with zero attached hydrogens (tertiary/aromatic N) is 2. The van der Waals surface area contributed by atoms with Gasteiger partial charge in [0.05, 0.1) is 22.4 Å². The van der Waals surface area contributed by atoms with Gasteiger partial charge in [0, 0.05) is 13.1 Å². The maximum Gasteiger partial charge on any atom is 0.338 e. The number of esters is 1. The van der Waals surface area contributed by atoms with E-state index in [1.165, 1.54) is 11.3 Å². The molecule has 1 fully saturated rings. The Labute approximate surface area is 187 Å². The van der Waals surface area contributed by atoms with Crippen LogP contribution in [0, 0.1) is 11.6 Å². The van der Waals surface area contributed by atoms with Gasteiger partial charge in [-0.25, -0.2) is 27.0 Å². The van der Waals surface area contributed by atoms with E-state index in [1.54, 1.807) is 25.1 Å². The van der Waals surface area contributed by atoms with Crippen LogP contribution in [0.1, 0.15) is 30.1 Å². The largest absolute Gasteiger partial charge is 0.467 e. The average molecular weight is 483 g/mol. The van der Waals surface area contributed by atoms with Gasteiger partial charge in [-0.2, -0.15) is 4.31 Å². The Hall–Kier alpha value is -2.63. The molecule has 0 amide bonds. The smallest absolute Gasteiger partial charge is 0.338 e. The van der Waals surface area contributed by atoms with Crippen LogP contribution in [-0.2, 0) is 14.8 Å². The van der Waals surface area contributed by atoms with Crippen LogP contribution in [0.2, 0.25) is 0 Å². The third-order valence-electron chi connectivity index (χ3n) is 5.07. The van der Waals surface area contributed by atoms with Gasteiger partial charge < -0.3 is 9.47 Å². The van der Waals surface area contributed by atoms with E-state index in [-0.39, 0.29) is 25.8 Å². The number of sulfonamides is 1. The number of piperidine rings is 1. The van der Waals surface area contributed by atoms with Crippen LogP contribution in [0.25, 0.3) is 10.2 Å². The van der Waals surface area contributed by atoms with Gasteiger partial charge in [-0.3, -0.25) is 0 Å². The number of halogens is 2. The van der Waals surface area contributed by atoms with Gasteiger partial charge in [0.15, 0.2) is 4.90 Å². The molecule has 11 heteroatoms. The lowest BCUT2D eigenvalue weighted by Gasteiger charge is -2.30. The van der Waals surface area contributed by atoms with Gasteiger partial charge in [0.25, 0.3) is 5.19 Å². The lowest BCUT2D eigenvalue weighted by atomic mass is 10.1. The van der Waals surface area contributed by atoms with Crippen molar-refractivity contribution in [2.24, 2.45) is 0 Å². The van der Waals surface area contributed by atoms with E-state index < -0.39 is 32.5 Å². The molecule has 0 bridgehead atoms. The van der Waals surface area contributed by atoms with Crippen LogP contribution in [0.15, 0.2) is 41.3 Å². The number of benzene rings is 2. The molecule has 0 N–H and O–H groups in total. The molecule has 1 saturated heterocycles. The molecule has 1 aromatic heterocycles. The maximum atomic E-state index is 14.0. The maximum absolute atomic E-state index is 14.0. The molecule has 2 aromatic carbocycles. The zero-order valence-corrected chi connectivity index (χ0v) is 18.7. The molecule has 0 atom stereocenters. The molecule has 0 aliphatic carbocycles. The lowest BCUT2D eigenvalue weighted by Crippen LogP contribution is -2.42. The molecule has 7 nitrogen and oxygen atoms in total. The minimum atomic E-state index is -4.29. The fraction of sp³-hybridized carbons (Fsp3) is 0.333. The van der Waals surface area contributed by atoms with E-state index in [0.717, 1.165) is 27.2 Å². The molecule has 0 saturated carbocycles.